The summed E-state index contributed by atoms with van der Waals surface area (Å²) in [7, 11) is 0. The van der Waals surface area contributed by atoms with Gasteiger partial charge in [0.05, 0.1) is 15.6 Å². The lowest BCUT2D eigenvalue weighted by Gasteiger charge is -2.38. The van der Waals surface area contributed by atoms with Crippen molar-refractivity contribution < 1.29 is 14.6 Å². The van der Waals surface area contributed by atoms with Crippen molar-refractivity contribution in [3.8, 4) is 5.75 Å². The van der Waals surface area contributed by atoms with Gasteiger partial charge < -0.3 is 19.6 Å². The topological polar surface area (TPSA) is 53.0 Å². The van der Waals surface area contributed by atoms with Crippen molar-refractivity contribution in [2.75, 3.05) is 32.8 Å². The predicted molar refractivity (Wildman–Crippen MR) is 108 cm³/mol. The van der Waals surface area contributed by atoms with Crippen molar-refractivity contribution in [1.82, 2.24) is 9.80 Å². The van der Waals surface area contributed by atoms with Gasteiger partial charge >= 0.3 is 0 Å². The van der Waals surface area contributed by atoms with Crippen LogP contribution in [0.2, 0.25) is 10.0 Å². The number of benzene rings is 1. The van der Waals surface area contributed by atoms with Gasteiger partial charge in [0.25, 0.3) is 0 Å². The Morgan fingerprint density at radius 1 is 1.19 bits per heavy atom. The van der Waals surface area contributed by atoms with E-state index in [9.17, 15) is 9.90 Å². The van der Waals surface area contributed by atoms with E-state index in [1.807, 2.05) is 4.90 Å². The molecule has 0 aromatic heterocycles. The van der Waals surface area contributed by atoms with Gasteiger partial charge in [-0.25, -0.2) is 0 Å². The molecule has 0 spiro atoms. The summed E-state index contributed by atoms with van der Waals surface area (Å²) < 4.78 is 5.81. The van der Waals surface area contributed by atoms with E-state index < -0.39 is 5.60 Å². The molecule has 0 saturated carbocycles. The molecule has 7 heteroatoms. The van der Waals surface area contributed by atoms with Crippen molar-refractivity contribution in [2.24, 2.45) is 0 Å². The third kappa shape index (κ3) is 5.50. The van der Waals surface area contributed by atoms with E-state index in [4.69, 9.17) is 27.9 Å². The van der Waals surface area contributed by atoms with Crippen LogP contribution in [0, 0.1) is 0 Å². The molecule has 1 amide bonds. The van der Waals surface area contributed by atoms with Crippen LogP contribution in [0.3, 0.4) is 0 Å². The number of piperidine rings is 1. The number of hydrogen-bond acceptors (Lipinski definition) is 4. The van der Waals surface area contributed by atoms with Gasteiger partial charge in [-0.3, -0.25) is 4.79 Å². The molecule has 27 heavy (non-hydrogen) atoms. The van der Waals surface area contributed by atoms with Crippen LogP contribution in [-0.4, -0.2) is 65.2 Å². The molecule has 2 fully saturated rings. The highest BCUT2D eigenvalue weighted by Gasteiger charge is 2.34. The van der Waals surface area contributed by atoms with E-state index in [-0.39, 0.29) is 12.5 Å². The van der Waals surface area contributed by atoms with E-state index in [1.54, 1.807) is 25.1 Å². The van der Waals surface area contributed by atoms with E-state index in [2.05, 4.69) is 4.90 Å². The maximum absolute atomic E-state index is 11.5. The lowest BCUT2D eigenvalue weighted by molar-refractivity contribution is -0.130. The maximum Gasteiger partial charge on any atom is 0.219 e. The summed E-state index contributed by atoms with van der Waals surface area (Å²) in [6, 6.07) is 5.65. The molecule has 5 nitrogen and oxygen atoms in total. The second kappa shape index (κ2) is 8.99. The number of carbonyl (C=O) groups is 1. The normalized spacial score (nSPS) is 25.3. The molecule has 1 N–H and O–H groups in total. The van der Waals surface area contributed by atoms with Crippen molar-refractivity contribution in [3.05, 3.63) is 28.2 Å². The number of likely N-dealkylation sites (tertiary alicyclic amines) is 2. The summed E-state index contributed by atoms with van der Waals surface area (Å²) in [5.41, 5.74) is -0.832. The van der Waals surface area contributed by atoms with Crippen LogP contribution in [0.1, 0.15) is 39.0 Å². The van der Waals surface area contributed by atoms with Gasteiger partial charge in [0.1, 0.15) is 12.4 Å². The number of carbonyl (C=O) groups excluding carboxylic acids is 1. The molecule has 1 atom stereocenters. The summed E-state index contributed by atoms with van der Waals surface area (Å²) >= 11 is 12.0. The fourth-order valence-corrected chi connectivity index (χ4v) is 4.33. The van der Waals surface area contributed by atoms with Gasteiger partial charge in [-0.15, -0.1) is 0 Å². The fraction of sp³-hybridized carbons (Fsp3) is 0.650. The smallest absolute Gasteiger partial charge is 0.219 e. The van der Waals surface area contributed by atoms with Crippen molar-refractivity contribution in [2.45, 2.75) is 50.7 Å². The third-order valence-corrected chi connectivity index (χ3v) is 6.52. The average molecular weight is 415 g/mol. The number of amides is 1. The third-order valence-electron chi connectivity index (χ3n) is 5.78. The Bertz CT molecular complexity index is 665. The van der Waals surface area contributed by atoms with Gasteiger partial charge in [0.2, 0.25) is 5.91 Å². The van der Waals surface area contributed by atoms with Crippen LogP contribution in [0.5, 0.6) is 5.75 Å². The first-order valence-corrected chi connectivity index (χ1v) is 10.4. The Hall–Kier alpha value is -1.01. The van der Waals surface area contributed by atoms with Gasteiger partial charge in [-0.2, -0.15) is 0 Å². The van der Waals surface area contributed by atoms with Crippen LogP contribution in [-0.2, 0) is 4.79 Å². The van der Waals surface area contributed by atoms with Gasteiger partial charge in [-0.1, -0.05) is 23.2 Å². The minimum Gasteiger partial charge on any atom is -0.491 e. The standard InChI is InChI=1S/C20H28Cl2N2O3/c1-15(25)23-10-5-16(6-11-23)24-9-2-7-20(26,8-12-24)14-27-17-3-4-18(21)19(22)13-17/h3-4,13,16,26H,2,5-12,14H2,1H3/t20-/m0/s1. The monoisotopic (exact) mass is 414 g/mol. The largest absolute Gasteiger partial charge is 0.491 e. The molecule has 0 unspecified atom stereocenters. The van der Waals surface area contributed by atoms with E-state index in [1.165, 1.54) is 0 Å². The Labute approximate surface area is 171 Å². The molecule has 0 bridgehead atoms. The quantitative estimate of drug-likeness (QED) is 0.817. The fourth-order valence-electron chi connectivity index (χ4n) is 4.04. The number of ether oxygens (including phenoxy) is 1. The lowest BCUT2D eigenvalue weighted by atomic mass is 9.96. The highest BCUT2D eigenvalue weighted by molar-refractivity contribution is 6.42. The molecular weight excluding hydrogens is 387 g/mol. The first-order valence-electron chi connectivity index (χ1n) is 9.66. The summed E-state index contributed by atoms with van der Waals surface area (Å²) in [6.07, 6.45) is 4.36. The van der Waals surface area contributed by atoms with Crippen LogP contribution in [0.4, 0.5) is 0 Å². The molecule has 2 saturated heterocycles. The molecule has 3 rings (SSSR count). The van der Waals surface area contributed by atoms with E-state index in [0.717, 1.165) is 51.9 Å². The lowest BCUT2D eigenvalue weighted by Crippen LogP contribution is -2.47. The zero-order valence-corrected chi connectivity index (χ0v) is 17.3. The summed E-state index contributed by atoms with van der Waals surface area (Å²) in [6.45, 7) is 5.40. The Balaban J connectivity index is 1.51. The van der Waals surface area contributed by atoms with Gasteiger partial charge in [0, 0.05) is 38.7 Å². The van der Waals surface area contributed by atoms with Crippen molar-refractivity contribution >= 4 is 29.1 Å². The summed E-state index contributed by atoms with van der Waals surface area (Å²) in [5, 5.41) is 11.9. The van der Waals surface area contributed by atoms with E-state index >= 15 is 0 Å². The number of nitrogens with zero attached hydrogens (tertiary/aromatic N) is 2. The zero-order chi connectivity index (χ0) is 19.4. The molecular formula is C20H28Cl2N2O3. The van der Waals surface area contributed by atoms with Crippen LogP contribution >= 0.6 is 23.2 Å². The Morgan fingerprint density at radius 3 is 2.59 bits per heavy atom. The molecule has 1 aromatic rings. The molecule has 150 valence electrons. The second-order valence-corrected chi connectivity index (χ2v) is 8.53. The summed E-state index contributed by atoms with van der Waals surface area (Å²) in [4.78, 5) is 15.9. The van der Waals surface area contributed by atoms with Crippen molar-refractivity contribution in [3.63, 3.8) is 0 Å². The zero-order valence-electron chi connectivity index (χ0n) is 15.8. The summed E-state index contributed by atoms with van der Waals surface area (Å²) in [5.74, 6) is 0.786. The van der Waals surface area contributed by atoms with Gasteiger partial charge in [-0.05, 0) is 50.8 Å². The highest BCUT2D eigenvalue weighted by atomic mass is 35.5. The molecule has 2 aliphatic heterocycles. The maximum atomic E-state index is 11.5. The average Bonchev–Trinajstić information content (AvgIpc) is 2.85. The minimum absolute atomic E-state index is 0.165. The SMILES string of the molecule is CC(=O)N1CCC(N2CCC[C@@](O)(COc3ccc(Cl)c(Cl)c3)CC2)CC1. The number of halogens is 2. The first-order chi connectivity index (χ1) is 12.9. The molecule has 0 radical (unpaired) electrons. The van der Waals surface area contributed by atoms with Gasteiger partial charge in [0.15, 0.2) is 0 Å². The van der Waals surface area contributed by atoms with Crippen molar-refractivity contribution in [1.29, 1.82) is 0 Å². The highest BCUT2D eigenvalue weighted by Crippen LogP contribution is 2.29. The predicted octanol–water partition coefficient (Wildman–Crippen LogP) is 3.60. The Morgan fingerprint density at radius 2 is 1.93 bits per heavy atom. The second-order valence-electron chi connectivity index (χ2n) is 7.72. The van der Waals surface area contributed by atoms with Crippen LogP contribution < -0.4 is 4.74 Å². The first kappa shape index (κ1) is 20.7. The molecule has 2 aliphatic rings. The molecule has 1 aromatic carbocycles. The van der Waals surface area contributed by atoms with E-state index in [0.29, 0.717) is 28.3 Å². The Kier molecular flexibility index (Phi) is 6.90. The minimum atomic E-state index is -0.832. The number of rotatable bonds is 4. The van der Waals surface area contributed by atoms with Crippen LogP contribution in [0.15, 0.2) is 18.2 Å². The molecule has 2 heterocycles. The molecule has 0 aliphatic carbocycles. The van der Waals surface area contributed by atoms with Crippen LogP contribution in [0.25, 0.3) is 0 Å². The number of aliphatic hydroxyl groups is 1. The number of hydrogen-bond donors (Lipinski definition) is 1.